The largest absolute Gasteiger partial charge is 0.394 e. The summed E-state index contributed by atoms with van der Waals surface area (Å²) < 4.78 is 19.8. The standard InChI is InChI=1S/C14H11Br2IO4S2/c15-9-5-7-11(22-9)12-8(6-10(16)23-12)14(20-2-1-18)13(7,17)19-3-4-21-14/h5-6,18H,1-4H2. The van der Waals surface area contributed by atoms with E-state index in [0.29, 0.717) is 13.2 Å². The first-order chi connectivity index (χ1) is 11.0. The number of fused-ring (bicyclic) bond motifs is 6. The highest BCUT2D eigenvalue weighted by molar-refractivity contribution is 14.1. The quantitative estimate of drug-likeness (QED) is 0.410. The molecule has 1 aliphatic carbocycles. The van der Waals surface area contributed by atoms with E-state index in [2.05, 4.69) is 60.5 Å². The molecule has 9 heteroatoms. The number of hydrogen-bond acceptors (Lipinski definition) is 6. The van der Waals surface area contributed by atoms with Crippen LogP contribution in [0.4, 0.5) is 0 Å². The number of hydrogen-bond donors (Lipinski definition) is 1. The number of aliphatic hydroxyl groups excluding tert-OH is 1. The van der Waals surface area contributed by atoms with Gasteiger partial charge in [0.25, 0.3) is 0 Å². The van der Waals surface area contributed by atoms with Gasteiger partial charge in [-0.1, -0.05) is 0 Å². The summed E-state index contributed by atoms with van der Waals surface area (Å²) in [5.41, 5.74) is 2.01. The Hall–Kier alpha value is 0.930. The average molecular weight is 594 g/mol. The van der Waals surface area contributed by atoms with Crippen molar-refractivity contribution in [1.82, 2.24) is 0 Å². The maximum Gasteiger partial charge on any atom is 0.240 e. The number of ether oxygens (including phenoxy) is 3. The monoisotopic (exact) mass is 592 g/mol. The first-order valence-electron chi connectivity index (χ1n) is 6.83. The SMILES string of the molecule is OCCOC12OCCOC1(I)c1cc(Br)sc1-c1sc(Br)cc12. The molecule has 1 aliphatic heterocycles. The van der Waals surface area contributed by atoms with Crippen molar-refractivity contribution in [2.75, 3.05) is 26.4 Å². The molecule has 2 aromatic heterocycles. The summed E-state index contributed by atoms with van der Waals surface area (Å²) in [6.07, 6.45) is 0. The average Bonchev–Trinajstić information content (AvgIpc) is 3.10. The van der Waals surface area contributed by atoms with E-state index < -0.39 is 9.39 Å². The molecule has 1 fully saturated rings. The Morgan fingerprint density at radius 3 is 2.43 bits per heavy atom. The van der Waals surface area contributed by atoms with Crippen molar-refractivity contribution in [1.29, 1.82) is 0 Å². The van der Waals surface area contributed by atoms with Crippen LogP contribution in [0.1, 0.15) is 11.1 Å². The molecule has 0 amide bonds. The third kappa shape index (κ3) is 2.46. The third-order valence-corrected chi connectivity index (χ3v) is 8.86. The van der Waals surface area contributed by atoms with Gasteiger partial charge in [-0.2, -0.15) is 0 Å². The molecule has 2 unspecified atom stereocenters. The van der Waals surface area contributed by atoms with E-state index in [0.717, 1.165) is 23.6 Å². The summed E-state index contributed by atoms with van der Waals surface area (Å²) in [5, 5.41) is 9.28. The Bertz CT molecular complexity index is 764. The number of thiophene rings is 2. The lowest BCUT2D eigenvalue weighted by Crippen LogP contribution is -2.56. The fraction of sp³-hybridized carbons (Fsp3) is 0.429. The van der Waals surface area contributed by atoms with Crippen LogP contribution in [0.2, 0.25) is 0 Å². The van der Waals surface area contributed by atoms with E-state index in [1.165, 1.54) is 4.88 Å². The summed E-state index contributed by atoms with van der Waals surface area (Å²) in [7, 11) is 0. The van der Waals surface area contributed by atoms with Gasteiger partial charge >= 0.3 is 0 Å². The fourth-order valence-corrected chi connectivity index (χ4v) is 7.88. The Morgan fingerprint density at radius 1 is 1.13 bits per heavy atom. The van der Waals surface area contributed by atoms with Gasteiger partial charge in [-0.25, -0.2) is 0 Å². The number of rotatable bonds is 3. The normalized spacial score (nSPS) is 29.0. The topological polar surface area (TPSA) is 47.9 Å². The van der Waals surface area contributed by atoms with Crippen molar-refractivity contribution in [3.05, 3.63) is 30.8 Å². The molecule has 0 saturated carbocycles. The van der Waals surface area contributed by atoms with Gasteiger partial charge in [0.05, 0.1) is 43.8 Å². The fourth-order valence-electron chi connectivity index (χ4n) is 3.01. The predicted octanol–water partition coefficient (Wildman–Crippen LogP) is 4.81. The molecule has 2 atom stereocenters. The second kappa shape index (κ2) is 6.27. The van der Waals surface area contributed by atoms with E-state index in [1.807, 2.05) is 6.07 Å². The second-order valence-electron chi connectivity index (χ2n) is 5.07. The van der Waals surface area contributed by atoms with Crippen LogP contribution in [0.15, 0.2) is 19.7 Å². The highest BCUT2D eigenvalue weighted by Gasteiger charge is 2.63. The van der Waals surface area contributed by atoms with Gasteiger partial charge in [0.15, 0.2) is 0 Å². The van der Waals surface area contributed by atoms with Crippen LogP contribution in [0.5, 0.6) is 0 Å². The van der Waals surface area contributed by atoms with Crippen LogP contribution in [-0.4, -0.2) is 31.5 Å². The molecule has 124 valence electrons. The molecule has 4 nitrogen and oxygen atoms in total. The summed E-state index contributed by atoms with van der Waals surface area (Å²) in [6.45, 7) is 1.06. The van der Waals surface area contributed by atoms with E-state index in [9.17, 15) is 5.11 Å². The number of halogens is 3. The van der Waals surface area contributed by atoms with E-state index in [-0.39, 0.29) is 13.2 Å². The van der Waals surface area contributed by atoms with Crippen molar-refractivity contribution in [2.45, 2.75) is 9.39 Å². The van der Waals surface area contributed by atoms with Gasteiger partial charge in [-0.3, -0.25) is 0 Å². The van der Waals surface area contributed by atoms with Gasteiger partial charge in [-0.15, -0.1) is 22.7 Å². The maximum absolute atomic E-state index is 9.28. The molecule has 4 rings (SSSR count). The molecule has 1 saturated heterocycles. The lowest BCUT2D eigenvalue weighted by atomic mass is 9.87. The third-order valence-electron chi connectivity index (χ3n) is 3.82. The van der Waals surface area contributed by atoms with Gasteiger partial charge in [0.2, 0.25) is 9.39 Å². The number of aliphatic hydroxyl groups is 1. The molecule has 2 aromatic rings. The van der Waals surface area contributed by atoms with Gasteiger partial charge < -0.3 is 19.3 Å². The molecule has 0 aromatic carbocycles. The van der Waals surface area contributed by atoms with Crippen molar-refractivity contribution in [3.63, 3.8) is 0 Å². The molecular weight excluding hydrogens is 583 g/mol. The summed E-state index contributed by atoms with van der Waals surface area (Å²) in [4.78, 5) is 2.30. The molecule has 0 spiro atoms. The lowest BCUT2D eigenvalue weighted by molar-refractivity contribution is -0.347. The minimum atomic E-state index is -1.06. The number of alkyl halides is 1. The molecule has 2 aliphatic rings. The van der Waals surface area contributed by atoms with E-state index in [4.69, 9.17) is 14.2 Å². The smallest absolute Gasteiger partial charge is 0.240 e. The summed E-state index contributed by atoms with van der Waals surface area (Å²) >= 11 is 12.8. The second-order valence-corrected chi connectivity index (χ2v) is 11.4. The predicted molar refractivity (Wildman–Crippen MR) is 105 cm³/mol. The lowest BCUT2D eigenvalue weighted by Gasteiger charge is -2.51. The van der Waals surface area contributed by atoms with Crippen molar-refractivity contribution < 1.29 is 19.3 Å². The Labute approximate surface area is 171 Å². The molecule has 3 heterocycles. The van der Waals surface area contributed by atoms with Crippen molar-refractivity contribution >= 4 is 77.1 Å². The molecule has 1 N–H and O–H groups in total. The molecular formula is C14H11Br2IO4S2. The zero-order chi connectivity index (χ0) is 16.2. The maximum atomic E-state index is 9.28. The van der Waals surface area contributed by atoms with Crippen molar-refractivity contribution in [3.8, 4) is 9.75 Å². The molecule has 23 heavy (non-hydrogen) atoms. The summed E-state index contributed by atoms with van der Waals surface area (Å²) in [5.74, 6) is -1.06. The summed E-state index contributed by atoms with van der Waals surface area (Å²) in [6, 6.07) is 4.12. The Morgan fingerprint density at radius 2 is 1.74 bits per heavy atom. The van der Waals surface area contributed by atoms with E-state index >= 15 is 0 Å². The first kappa shape index (κ1) is 17.3. The van der Waals surface area contributed by atoms with Crippen LogP contribution < -0.4 is 0 Å². The zero-order valence-electron chi connectivity index (χ0n) is 11.6. The zero-order valence-corrected chi connectivity index (χ0v) is 18.6. The van der Waals surface area contributed by atoms with E-state index in [1.54, 1.807) is 22.7 Å². The highest BCUT2D eigenvalue weighted by Crippen LogP contribution is 2.64. The Kier molecular flexibility index (Phi) is 4.73. The molecule has 0 radical (unpaired) electrons. The van der Waals surface area contributed by atoms with Crippen LogP contribution in [0.3, 0.4) is 0 Å². The first-order valence-corrected chi connectivity index (χ1v) is 11.1. The Balaban J connectivity index is 2.01. The van der Waals surface area contributed by atoms with Crippen LogP contribution in [-0.2, 0) is 23.6 Å². The minimum absolute atomic E-state index is 0.0708. The van der Waals surface area contributed by atoms with Gasteiger partial charge in [-0.05, 0) is 66.6 Å². The van der Waals surface area contributed by atoms with Crippen LogP contribution in [0, 0.1) is 0 Å². The van der Waals surface area contributed by atoms with Crippen molar-refractivity contribution in [2.24, 2.45) is 0 Å². The van der Waals surface area contributed by atoms with Crippen LogP contribution in [0.25, 0.3) is 9.75 Å². The van der Waals surface area contributed by atoms with Crippen LogP contribution >= 0.6 is 77.1 Å². The highest BCUT2D eigenvalue weighted by atomic mass is 127. The van der Waals surface area contributed by atoms with Gasteiger partial charge in [0.1, 0.15) is 0 Å². The molecule has 0 bridgehead atoms. The van der Waals surface area contributed by atoms with Gasteiger partial charge in [0, 0.05) is 11.1 Å². The minimum Gasteiger partial charge on any atom is -0.394 e.